The van der Waals surface area contributed by atoms with Gasteiger partial charge in [-0.1, -0.05) is 33.1 Å². The maximum Gasteiger partial charge on any atom is 0.269 e. The van der Waals surface area contributed by atoms with Crippen molar-refractivity contribution < 1.29 is 9.66 Å². The summed E-state index contributed by atoms with van der Waals surface area (Å²) in [6.07, 6.45) is 6.82. The molecule has 0 aliphatic rings. The Morgan fingerprint density at radius 1 is 1.15 bits per heavy atom. The van der Waals surface area contributed by atoms with E-state index in [1.165, 1.54) is 31.4 Å². The van der Waals surface area contributed by atoms with Crippen LogP contribution in [0.1, 0.15) is 59.3 Å². The molecular formula is C16H25NO3. The van der Waals surface area contributed by atoms with E-state index in [2.05, 4.69) is 20.8 Å². The summed E-state index contributed by atoms with van der Waals surface area (Å²) in [5.41, 5.74) is -0.0948. The lowest BCUT2D eigenvalue weighted by molar-refractivity contribution is -0.384. The SMILES string of the molecule is CCCCCCC(C)(CC)Oc1ccc([N+](=O)[O-])cc1. The van der Waals surface area contributed by atoms with Crippen molar-refractivity contribution >= 4 is 5.69 Å². The summed E-state index contributed by atoms with van der Waals surface area (Å²) in [6.45, 7) is 6.43. The highest BCUT2D eigenvalue weighted by molar-refractivity contribution is 5.36. The van der Waals surface area contributed by atoms with Crippen molar-refractivity contribution in [3.05, 3.63) is 34.4 Å². The van der Waals surface area contributed by atoms with Gasteiger partial charge in [-0.15, -0.1) is 0 Å². The van der Waals surface area contributed by atoms with Gasteiger partial charge in [-0.25, -0.2) is 0 Å². The monoisotopic (exact) mass is 279 g/mol. The van der Waals surface area contributed by atoms with E-state index in [1.807, 2.05) is 0 Å². The number of hydrogen-bond acceptors (Lipinski definition) is 3. The predicted molar refractivity (Wildman–Crippen MR) is 81.2 cm³/mol. The fraction of sp³-hybridized carbons (Fsp3) is 0.625. The Balaban J connectivity index is 2.59. The Morgan fingerprint density at radius 3 is 2.30 bits per heavy atom. The number of rotatable bonds is 9. The first-order valence-corrected chi connectivity index (χ1v) is 7.44. The second-order valence-corrected chi connectivity index (χ2v) is 5.47. The molecule has 4 nitrogen and oxygen atoms in total. The molecule has 112 valence electrons. The largest absolute Gasteiger partial charge is 0.488 e. The van der Waals surface area contributed by atoms with Gasteiger partial charge in [0.05, 0.1) is 4.92 Å². The number of nitrogens with zero attached hydrogens (tertiary/aromatic N) is 1. The first-order chi connectivity index (χ1) is 9.50. The second kappa shape index (κ2) is 7.88. The van der Waals surface area contributed by atoms with Gasteiger partial charge in [0.2, 0.25) is 0 Å². The van der Waals surface area contributed by atoms with Crippen molar-refractivity contribution in [2.45, 2.75) is 64.9 Å². The molecular weight excluding hydrogens is 254 g/mol. The van der Waals surface area contributed by atoms with Crippen LogP contribution in [0.2, 0.25) is 0 Å². The Kier molecular flexibility index (Phi) is 6.49. The molecule has 1 unspecified atom stereocenters. The molecule has 0 amide bonds. The molecule has 1 atom stereocenters. The van der Waals surface area contributed by atoms with Gasteiger partial charge in [0.15, 0.2) is 0 Å². The third-order valence-electron chi connectivity index (χ3n) is 3.72. The summed E-state index contributed by atoms with van der Waals surface area (Å²) in [4.78, 5) is 10.2. The van der Waals surface area contributed by atoms with Crippen LogP contribution in [0.5, 0.6) is 5.75 Å². The van der Waals surface area contributed by atoms with Crippen LogP contribution in [0, 0.1) is 10.1 Å². The summed E-state index contributed by atoms with van der Waals surface area (Å²) in [5.74, 6) is 0.704. The average molecular weight is 279 g/mol. The minimum atomic E-state index is -0.395. The third kappa shape index (κ3) is 5.19. The van der Waals surface area contributed by atoms with E-state index in [-0.39, 0.29) is 11.3 Å². The van der Waals surface area contributed by atoms with Crippen molar-refractivity contribution in [3.8, 4) is 5.75 Å². The highest BCUT2D eigenvalue weighted by atomic mass is 16.6. The minimum absolute atomic E-state index is 0.0958. The molecule has 0 bridgehead atoms. The number of unbranched alkanes of at least 4 members (excludes halogenated alkanes) is 3. The first-order valence-electron chi connectivity index (χ1n) is 7.44. The number of ether oxygens (including phenoxy) is 1. The second-order valence-electron chi connectivity index (χ2n) is 5.47. The standard InChI is InChI=1S/C16H25NO3/c1-4-6-7-8-13-16(3,5-2)20-15-11-9-14(10-12-15)17(18)19/h9-12H,4-8,13H2,1-3H3. The van der Waals surface area contributed by atoms with Gasteiger partial charge in [-0.05, 0) is 38.3 Å². The fourth-order valence-corrected chi connectivity index (χ4v) is 2.15. The number of nitro groups is 1. The molecule has 1 aromatic carbocycles. The topological polar surface area (TPSA) is 52.4 Å². The number of non-ortho nitro benzene ring substituents is 1. The lowest BCUT2D eigenvalue weighted by Crippen LogP contribution is -2.31. The molecule has 4 heteroatoms. The number of hydrogen-bond donors (Lipinski definition) is 0. The summed E-state index contributed by atoms with van der Waals surface area (Å²) in [6, 6.07) is 6.33. The zero-order valence-electron chi connectivity index (χ0n) is 12.7. The van der Waals surface area contributed by atoms with Gasteiger partial charge >= 0.3 is 0 Å². The minimum Gasteiger partial charge on any atom is -0.488 e. The average Bonchev–Trinajstić information content (AvgIpc) is 2.44. The Labute approximate surface area is 121 Å². The lowest BCUT2D eigenvalue weighted by atomic mass is 9.95. The lowest BCUT2D eigenvalue weighted by Gasteiger charge is -2.29. The van der Waals surface area contributed by atoms with E-state index >= 15 is 0 Å². The maximum absolute atomic E-state index is 10.6. The molecule has 0 saturated carbocycles. The summed E-state index contributed by atoms with van der Waals surface area (Å²) < 4.78 is 6.04. The van der Waals surface area contributed by atoms with Gasteiger partial charge in [-0.3, -0.25) is 10.1 Å². The zero-order valence-corrected chi connectivity index (χ0v) is 12.7. The van der Waals surface area contributed by atoms with E-state index in [0.717, 1.165) is 19.3 Å². The van der Waals surface area contributed by atoms with E-state index in [0.29, 0.717) is 5.75 Å². The molecule has 1 rings (SSSR count). The molecule has 0 saturated heterocycles. The van der Waals surface area contributed by atoms with Crippen LogP contribution in [0.15, 0.2) is 24.3 Å². The van der Waals surface area contributed by atoms with Crippen LogP contribution in [-0.2, 0) is 0 Å². The number of benzene rings is 1. The van der Waals surface area contributed by atoms with Gasteiger partial charge in [0, 0.05) is 12.1 Å². The molecule has 20 heavy (non-hydrogen) atoms. The van der Waals surface area contributed by atoms with Crippen molar-refractivity contribution in [1.29, 1.82) is 0 Å². The van der Waals surface area contributed by atoms with Gasteiger partial charge in [0.25, 0.3) is 5.69 Å². The van der Waals surface area contributed by atoms with Crippen molar-refractivity contribution in [2.24, 2.45) is 0 Å². The Morgan fingerprint density at radius 2 is 1.80 bits per heavy atom. The predicted octanol–water partition coefficient (Wildman–Crippen LogP) is 5.11. The van der Waals surface area contributed by atoms with E-state index < -0.39 is 4.92 Å². The Hall–Kier alpha value is -1.58. The molecule has 1 aromatic rings. The van der Waals surface area contributed by atoms with Crippen LogP contribution in [0.25, 0.3) is 0 Å². The highest BCUT2D eigenvalue weighted by Gasteiger charge is 2.23. The molecule has 0 N–H and O–H groups in total. The maximum atomic E-state index is 10.6. The van der Waals surface area contributed by atoms with E-state index in [9.17, 15) is 10.1 Å². The van der Waals surface area contributed by atoms with Crippen LogP contribution in [-0.4, -0.2) is 10.5 Å². The van der Waals surface area contributed by atoms with Crippen LogP contribution < -0.4 is 4.74 Å². The third-order valence-corrected chi connectivity index (χ3v) is 3.72. The van der Waals surface area contributed by atoms with E-state index in [1.54, 1.807) is 12.1 Å². The van der Waals surface area contributed by atoms with Crippen LogP contribution >= 0.6 is 0 Å². The molecule has 0 aliphatic carbocycles. The first kappa shape index (κ1) is 16.5. The zero-order chi connectivity index (χ0) is 15.0. The summed E-state index contributed by atoms with van der Waals surface area (Å²) in [7, 11) is 0. The normalized spacial score (nSPS) is 13.8. The van der Waals surface area contributed by atoms with Crippen molar-refractivity contribution in [1.82, 2.24) is 0 Å². The quantitative estimate of drug-likeness (QED) is 0.358. The van der Waals surface area contributed by atoms with Crippen LogP contribution in [0.3, 0.4) is 0 Å². The van der Waals surface area contributed by atoms with Crippen LogP contribution in [0.4, 0.5) is 5.69 Å². The Bertz CT molecular complexity index is 416. The molecule has 0 aliphatic heterocycles. The number of nitro benzene ring substituents is 1. The fourth-order valence-electron chi connectivity index (χ4n) is 2.15. The summed E-state index contributed by atoms with van der Waals surface area (Å²) >= 11 is 0. The molecule has 0 heterocycles. The summed E-state index contributed by atoms with van der Waals surface area (Å²) in [5, 5.41) is 10.6. The van der Waals surface area contributed by atoms with Crippen molar-refractivity contribution in [3.63, 3.8) is 0 Å². The smallest absolute Gasteiger partial charge is 0.269 e. The molecule has 0 fully saturated rings. The van der Waals surface area contributed by atoms with Gasteiger partial charge < -0.3 is 4.74 Å². The van der Waals surface area contributed by atoms with Crippen molar-refractivity contribution in [2.75, 3.05) is 0 Å². The van der Waals surface area contributed by atoms with Gasteiger partial charge in [0.1, 0.15) is 11.4 Å². The molecule has 0 radical (unpaired) electrons. The molecule has 0 aromatic heterocycles. The molecule has 0 spiro atoms. The van der Waals surface area contributed by atoms with E-state index in [4.69, 9.17) is 4.74 Å². The highest BCUT2D eigenvalue weighted by Crippen LogP contribution is 2.27. The van der Waals surface area contributed by atoms with Gasteiger partial charge in [-0.2, -0.15) is 0 Å².